The normalized spacial score (nSPS) is 17.0. The number of benzene rings is 2. The Kier molecular flexibility index (Phi) is 33.3. The molecule has 9 amide bonds. The lowest BCUT2D eigenvalue weighted by molar-refractivity contribution is -0.148. The van der Waals surface area contributed by atoms with Gasteiger partial charge in [0.2, 0.25) is 29.5 Å². The lowest BCUT2D eigenvalue weighted by atomic mass is 9.88. The fourth-order valence-electron chi connectivity index (χ4n) is 13.4. The number of carbonyl (C=O) groups excluding carboxylic acids is 11. The van der Waals surface area contributed by atoms with Crippen LogP contribution in [0.5, 0.6) is 0 Å². The number of unbranched alkanes of at least 4 members (excludes halogenated alkanes) is 2. The number of rotatable bonds is 41. The second-order valence-corrected chi connectivity index (χ2v) is 27.4. The zero-order valence-corrected chi connectivity index (χ0v) is 59.2. The van der Waals surface area contributed by atoms with Crippen LogP contribution >= 0.6 is 0 Å². The number of fused-ring (bicyclic) bond motifs is 1. The molecule has 1 aromatic heterocycles. The van der Waals surface area contributed by atoms with Gasteiger partial charge in [0.15, 0.2) is 11.6 Å². The summed E-state index contributed by atoms with van der Waals surface area (Å²) in [5.41, 5.74) is 8.01. The van der Waals surface area contributed by atoms with Gasteiger partial charge in [0.1, 0.15) is 11.8 Å². The van der Waals surface area contributed by atoms with Gasteiger partial charge in [-0.15, -0.1) is 0 Å². The van der Waals surface area contributed by atoms with Gasteiger partial charge in [-0.2, -0.15) is 0 Å². The van der Waals surface area contributed by atoms with Crippen LogP contribution in [0.2, 0.25) is 0 Å². The molecule has 0 radical (unpaired) electrons. The molecule has 4 unspecified atom stereocenters. The number of carbonyl (C=O) groups is 11. The van der Waals surface area contributed by atoms with Crippen LogP contribution < -0.4 is 27.0 Å². The topological polar surface area (TPSA) is 306 Å². The molecule has 23 heteroatoms. The van der Waals surface area contributed by atoms with E-state index in [4.69, 9.17) is 15.2 Å². The number of methoxy groups -OCH3 is 2. The van der Waals surface area contributed by atoms with Crippen molar-refractivity contribution in [2.45, 2.75) is 208 Å². The molecule has 3 aromatic rings. The van der Waals surface area contributed by atoms with E-state index in [1.165, 1.54) is 26.4 Å². The number of hydrogen-bond donors (Lipinski definition) is 5. The molecule has 23 nitrogen and oxygen atoms in total. The van der Waals surface area contributed by atoms with Gasteiger partial charge >= 0.3 is 6.03 Å². The van der Waals surface area contributed by atoms with E-state index in [-0.39, 0.29) is 136 Å². The molecule has 11 atom stereocenters. The van der Waals surface area contributed by atoms with Gasteiger partial charge in [-0.25, -0.2) is 4.79 Å². The molecule has 0 saturated carbocycles. The molecule has 3 heterocycles. The molecular weight excluding hydrogens is 1240 g/mol. The maximum absolute atomic E-state index is 14.8. The number of likely N-dealkylation sites (N-methyl/N-ethyl adjacent to an activating group) is 2. The summed E-state index contributed by atoms with van der Waals surface area (Å²) >= 11 is 0. The Hall–Kier alpha value is -7.76. The van der Waals surface area contributed by atoms with Gasteiger partial charge in [-0.3, -0.25) is 62.7 Å². The second-order valence-electron chi connectivity index (χ2n) is 27.4. The Bertz CT molecular complexity index is 3160. The molecule has 1 saturated heterocycles. The van der Waals surface area contributed by atoms with Crippen LogP contribution in [0.1, 0.15) is 157 Å². The minimum atomic E-state index is -1.04. The summed E-state index contributed by atoms with van der Waals surface area (Å²) in [5, 5.41) is 12.4. The molecule has 97 heavy (non-hydrogen) atoms. The molecule has 1 fully saturated rings. The number of nitrogens with one attached hydrogen (secondary N) is 4. The van der Waals surface area contributed by atoms with Crippen molar-refractivity contribution in [2.75, 3.05) is 55.0 Å². The van der Waals surface area contributed by atoms with Crippen LogP contribution in [0.3, 0.4) is 0 Å². The Labute approximate surface area is 575 Å². The largest absolute Gasteiger partial charge is 0.379 e. The Morgan fingerprint density at radius 1 is 0.711 bits per heavy atom. The highest BCUT2D eigenvalue weighted by atomic mass is 16.5. The zero-order chi connectivity index (χ0) is 71.1. The van der Waals surface area contributed by atoms with E-state index in [2.05, 4.69) is 26.3 Å². The SMILES string of the molecule is C.CC[C@H](C)C([C@@H](CC(=O)N1CCC[C@H]1[C@H](OC)[C@@H](C)C(=O)NC(Cc1ccc(CC(=O)C(CCCNC(N)=O)NC(=O)[C@H](CC(=O)CCCCCN2C(=O)C=CC2=O)C(C)C)cc1)C(=O)Cc1cnc2ccccc2c1)OC)N(C)C(=O)C(NC(=O)[C@H](C(C)C)N(C)C)C(C)C. The number of ketones is 3. The first kappa shape index (κ1) is 81.7. The third kappa shape index (κ3) is 23.7. The van der Waals surface area contributed by atoms with E-state index < -0.39 is 78.1 Å². The average Bonchev–Trinajstić information content (AvgIpc) is 1.77. The molecule has 5 rings (SSSR count). The summed E-state index contributed by atoms with van der Waals surface area (Å²) in [5.74, 6) is -5.34. The minimum absolute atomic E-state index is 0. The van der Waals surface area contributed by atoms with E-state index in [1.54, 1.807) is 54.2 Å². The van der Waals surface area contributed by atoms with Crippen LogP contribution in [-0.2, 0) is 76.7 Å². The fraction of sp³-hybridized carbons (Fsp3) is 0.622. The fourth-order valence-corrected chi connectivity index (χ4v) is 13.4. The van der Waals surface area contributed by atoms with Crippen molar-refractivity contribution in [1.82, 2.24) is 45.9 Å². The predicted octanol–water partition coefficient (Wildman–Crippen LogP) is 7.12. The Morgan fingerprint density at radius 2 is 1.34 bits per heavy atom. The van der Waals surface area contributed by atoms with Crippen molar-refractivity contribution in [3.05, 3.63) is 89.6 Å². The molecule has 2 aromatic carbocycles. The minimum Gasteiger partial charge on any atom is -0.379 e. The van der Waals surface area contributed by atoms with Crippen molar-refractivity contribution in [3.63, 3.8) is 0 Å². The van der Waals surface area contributed by atoms with Gasteiger partial charge in [-0.1, -0.05) is 125 Å². The van der Waals surface area contributed by atoms with Crippen molar-refractivity contribution >= 4 is 75.6 Å². The number of Topliss-reactive ketones (excluding diaryl/α,β-unsaturated/α-hetero) is 3. The lowest BCUT2D eigenvalue weighted by Crippen LogP contribution is -2.59. The quantitative estimate of drug-likeness (QED) is 0.0279. The van der Waals surface area contributed by atoms with E-state index in [0.717, 1.165) is 15.8 Å². The summed E-state index contributed by atoms with van der Waals surface area (Å²) in [4.78, 5) is 160. The third-order valence-electron chi connectivity index (χ3n) is 19.0. The first-order valence-corrected chi connectivity index (χ1v) is 34.3. The predicted molar refractivity (Wildman–Crippen MR) is 374 cm³/mol. The van der Waals surface area contributed by atoms with E-state index in [0.29, 0.717) is 68.2 Å². The highest BCUT2D eigenvalue weighted by Crippen LogP contribution is 2.31. The number of primary amides is 1. The standard InChI is InChI=1S/C73H108N10O13.CH4/c1-15-47(8)67(81(12)72(93)65(45(4)5)79-71(92)66(46(6)7)80(10)11)61(95-13)42-64(89)82-36-22-27-58(82)68(96-14)48(9)69(90)78-57(60(86)40-51-37-52-23-18-19-25-55(52)76-43-51)38-49-28-30-50(31-29-49)39-59(85)56(26-21-34-75-73(74)94)77-70(91)54(44(2)3)41-53(84)24-17-16-20-35-83-62(87)32-33-63(83)88;/h18-19,23,25,28-33,37,43-48,54,56-58,61,65-68H,15-17,20-22,24,26-27,34-36,38-42H2,1-14H3,(H,77,91)(H,78,90)(H,79,92)(H3,74,75,94);1H4/t47-,48+,54+,56?,57?,58-,61+,65?,66-,67?,68+;/m0./s1. The Morgan fingerprint density at radius 3 is 1.94 bits per heavy atom. The molecule has 2 aliphatic rings. The van der Waals surface area contributed by atoms with Crippen molar-refractivity contribution < 1.29 is 62.2 Å². The number of ether oxygens (including phenoxy) is 2. The number of nitrogens with zero attached hydrogens (tertiary/aromatic N) is 5. The maximum Gasteiger partial charge on any atom is 0.312 e. The number of amides is 9. The van der Waals surface area contributed by atoms with Gasteiger partial charge in [0.05, 0.1) is 60.3 Å². The van der Waals surface area contributed by atoms with Crippen molar-refractivity contribution in [3.8, 4) is 0 Å². The van der Waals surface area contributed by atoms with Crippen LogP contribution in [0, 0.1) is 35.5 Å². The van der Waals surface area contributed by atoms with Crippen molar-refractivity contribution in [2.24, 2.45) is 41.2 Å². The van der Waals surface area contributed by atoms with Crippen LogP contribution in [0.25, 0.3) is 10.9 Å². The summed E-state index contributed by atoms with van der Waals surface area (Å²) in [6.07, 6.45) is 6.57. The second kappa shape index (κ2) is 39.6. The first-order valence-electron chi connectivity index (χ1n) is 34.3. The molecular formula is C74H112N10O13. The molecule has 536 valence electrons. The molecule has 0 bridgehead atoms. The van der Waals surface area contributed by atoms with Gasteiger partial charge in [0.25, 0.3) is 11.8 Å². The zero-order valence-electron chi connectivity index (χ0n) is 59.2. The number of urea groups is 1. The Balaban J connectivity index is 0.0000200. The van der Waals surface area contributed by atoms with E-state index in [1.807, 2.05) is 105 Å². The first-order chi connectivity index (χ1) is 45.5. The number of para-hydroxylation sites is 1. The van der Waals surface area contributed by atoms with Gasteiger partial charge < -0.3 is 46.3 Å². The third-order valence-corrected chi connectivity index (χ3v) is 19.0. The molecule has 2 aliphatic heterocycles. The number of likely N-dealkylation sites (tertiary alicyclic amines) is 1. The summed E-state index contributed by atoms with van der Waals surface area (Å²) in [6.45, 7) is 17.9. The monoisotopic (exact) mass is 1350 g/mol. The van der Waals surface area contributed by atoms with Crippen LogP contribution in [0.15, 0.2) is 72.9 Å². The van der Waals surface area contributed by atoms with Crippen molar-refractivity contribution in [1.29, 1.82) is 0 Å². The van der Waals surface area contributed by atoms with E-state index in [9.17, 15) is 52.7 Å². The number of aromatic nitrogens is 1. The van der Waals surface area contributed by atoms with Gasteiger partial charge in [-0.05, 0) is 112 Å². The lowest BCUT2D eigenvalue weighted by Gasteiger charge is -2.41. The van der Waals surface area contributed by atoms with Crippen LogP contribution in [-0.4, -0.2) is 193 Å². The number of pyridine rings is 1. The number of hydrogen-bond acceptors (Lipinski definition) is 15. The summed E-state index contributed by atoms with van der Waals surface area (Å²) in [7, 11) is 8.40. The van der Waals surface area contributed by atoms with E-state index >= 15 is 0 Å². The number of imide groups is 1. The molecule has 6 N–H and O–H groups in total. The highest BCUT2D eigenvalue weighted by molar-refractivity contribution is 6.12. The highest BCUT2D eigenvalue weighted by Gasteiger charge is 2.44. The molecule has 0 aliphatic carbocycles. The summed E-state index contributed by atoms with van der Waals surface area (Å²) < 4.78 is 12.3. The van der Waals surface area contributed by atoms with Crippen LogP contribution in [0.4, 0.5) is 4.79 Å². The average molecular weight is 1350 g/mol. The number of nitrogens with two attached hydrogens (primary N) is 1. The van der Waals surface area contributed by atoms with Gasteiger partial charge in [0, 0.05) is 96.2 Å². The smallest absolute Gasteiger partial charge is 0.312 e. The maximum atomic E-state index is 14.8. The summed E-state index contributed by atoms with van der Waals surface area (Å²) in [6, 6.07) is 11.4. The molecule has 0 spiro atoms.